The molecule has 0 fully saturated rings. The molecule has 1 heterocycles. The summed E-state index contributed by atoms with van der Waals surface area (Å²) in [7, 11) is 0. The number of nitrogens with one attached hydrogen (secondary N) is 2. The van der Waals surface area contributed by atoms with Crippen LogP contribution in [0.5, 0.6) is 0 Å². The Morgan fingerprint density at radius 2 is 2.22 bits per heavy atom. The summed E-state index contributed by atoms with van der Waals surface area (Å²) in [4.78, 5) is 24.1. The fraction of sp³-hybridized carbons (Fsp3) is 0.364. The molecular weight excluding hydrogens is 270 g/mol. The molecule has 1 aromatic heterocycles. The third-order valence-electron chi connectivity index (χ3n) is 2.09. The van der Waals surface area contributed by atoms with Gasteiger partial charge in [0, 0.05) is 17.3 Å². The third-order valence-corrected chi connectivity index (χ3v) is 3.14. The highest BCUT2D eigenvalue weighted by Crippen LogP contribution is 2.10. The molecule has 0 aromatic carbocycles. The lowest BCUT2D eigenvalue weighted by Crippen LogP contribution is -2.46. The number of hydrogen-bond donors (Lipinski definition) is 3. The zero-order chi connectivity index (χ0) is 13.5. The predicted molar refractivity (Wildman–Crippen MR) is 75.4 cm³/mol. The van der Waals surface area contributed by atoms with Crippen LogP contribution in [0.25, 0.3) is 0 Å². The summed E-state index contributed by atoms with van der Waals surface area (Å²) in [5, 5.41) is 6.92. The molecule has 5 nitrogen and oxygen atoms in total. The summed E-state index contributed by atoms with van der Waals surface area (Å²) >= 11 is 6.21. The van der Waals surface area contributed by atoms with Gasteiger partial charge in [-0.25, -0.2) is 0 Å². The van der Waals surface area contributed by atoms with Crippen molar-refractivity contribution in [2.24, 2.45) is 5.73 Å². The molecule has 1 aromatic rings. The van der Waals surface area contributed by atoms with Crippen molar-refractivity contribution in [2.75, 3.05) is 6.54 Å². The number of hydrogen-bond acceptors (Lipinski definition) is 4. The average Bonchev–Trinajstić information content (AvgIpc) is 2.78. The maximum Gasteiger partial charge on any atom is 0.309 e. The van der Waals surface area contributed by atoms with E-state index >= 15 is 0 Å². The van der Waals surface area contributed by atoms with E-state index in [-0.39, 0.29) is 17.6 Å². The molecule has 1 atom stereocenters. The summed E-state index contributed by atoms with van der Waals surface area (Å²) in [5.41, 5.74) is 5.22. The van der Waals surface area contributed by atoms with E-state index in [1.54, 1.807) is 11.3 Å². The van der Waals surface area contributed by atoms with Crippen LogP contribution in [-0.4, -0.2) is 29.4 Å². The van der Waals surface area contributed by atoms with Gasteiger partial charge in [-0.3, -0.25) is 9.59 Å². The lowest BCUT2D eigenvalue weighted by Gasteiger charge is -2.12. The van der Waals surface area contributed by atoms with Crippen LogP contribution in [0, 0.1) is 0 Å². The molecule has 0 aliphatic rings. The van der Waals surface area contributed by atoms with Crippen molar-refractivity contribution >= 4 is 40.4 Å². The van der Waals surface area contributed by atoms with Crippen LogP contribution in [0.1, 0.15) is 11.8 Å². The normalized spacial score (nSPS) is 11.6. The van der Waals surface area contributed by atoms with Gasteiger partial charge in [0.1, 0.15) is 0 Å². The Bertz CT molecular complexity index is 432. The van der Waals surface area contributed by atoms with E-state index in [4.69, 9.17) is 5.73 Å². The second kappa shape index (κ2) is 7.07. The minimum Gasteiger partial charge on any atom is -0.392 e. The quantitative estimate of drug-likeness (QED) is 0.533. The van der Waals surface area contributed by atoms with Gasteiger partial charge in [-0.15, -0.1) is 11.3 Å². The Labute approximate surface area is 115 Å². The van der Waals surface area contributed by atoms with Gasteiger partial charge in [0.15, 0.2) is 0 Å². The highest BCUT2D eigenvalue weighted by atomic mass is 32.1. The molecule has 1 rings (SSSR count). The van der Waals surface area contributed by atoms with Gasteiger partial charge in [0.25, 0.3) is 0 Å². The first-order valence-electron chi connectivity index (χ1n) is 5.38. The maximum absolute atomic E-state index is 11.5. The molecule has 1 unspecified atom stereocenters. The van der Waals surface area contributed by atoms with Gasteiger partial charge >= 0.3 is 11.8 Å². The van der Waals surface area contributed by atoms with Gasteiger partial charge in [0.2, 0.25) is 0 Å². The molecule has 2 amide bonds. The van der Waals surface area contributed by atoms with E-state index in [0.717, 1.165) is 4.88 Å². The van der Waals surface area contributed by atoms with Crippen LogP contribution in [0.3, 0.4) is 0 Å². The Morgan fingerprint density at radius 1 is 1.50 bits per heavy atom. The molecule has 0 saturated heterocycles. The number of thiophene rings is 1. The van der Waals surface area contributed by atoms with Crippen LogP contribution in [-0.2, 0) is 16.0 Å². The Balaban J connectivity index is 2.34. The Hall–Kier alpha value is -1.47. The van der Waals surface area contributed by atoms with Gasteiger partial charge in [-0.2, -0.15) is 0 Å². The number of rotatable bonds is 5. The van der Waals surface area contributed by atoms with Crippen LogP contribution < -0.4 is 16.4 Å². The van der Waals surface area contributed by atoms with E-state index in [2.05, 4.69) is 22.9 Å². The standard InChI is InChI=1S/C11H15N3O2S2/c1-7(5-8-3-2-4-18-8)14-11(16)10(15)13-6-9(12)17/h2-4,7H,5-6H2,1H3,(H2,12,17)(H,13,15)(H,14,16). The van der Waals surface area contributed by atoms with Crippen molar-refractivity contribution in [3.63, 3.8) is 0 Å². The predicted octanol–water partition coefficient (Wildman–Crippen LogP) is 0.198. The number of amides is 2. The van der Waals surface area contributed by atoms with Crippen LogP contribution in [0.4, 0.5) is 0 Å². The topological polar surface area (TPSA) is 84.2 Å². The molecule has 0 spiro atoms. The molecule has 0 aliphatic carbocycles. The van der Waals surface area contributed by atoms with E-state index in [1.165, 1.54) is 0 Å². The summed E-state index contributed by atoms with van der Waals surface area (Å²) in [6.07, 6.45) is 0.700. The highest BCUT2D eigenvalue weighted by molar-refractivity contribution is 7.80. The number of carbonyl (C=O) groups excluding carboxylic acids is 2. The molecule has 98 valence electrons. The van der Waals surface area contributed by atoms with E-state index in [0.29, 0.717) is 6.42 Å². The van der Waals surface area contributed by atoms with Crippen LogP contribution >= 0.6 is 23.6 Å². The monoisotopic (exact) mass is 285 g/mol. The van der Waals surface area contributed by atoms with Gasteiger partial charge in [-0.1, -0.05) is 18.3 Å². The van der Waals surface area contributed by atoms with Gasteiger partial charge < -0.3 is 16.4 Å². The van der Waals surface area contributed by atoms with Crippen molar-refractivity contribution in [2.45, 2.75) is 19.4 Å². The minimum atomic E-state index is -0.721. The lowest BCUT2D eigenvalue weighted by molar-refractivity contribution is -0.139. The summed E-state index contributed by atoms with van der Waals surface area (Å²) < 4.78 is 0. The van der Waals surface area contributed by atoms with Crippen LogP contribution in [0.2, 0.25) is 0 Å². The Morgan fingerprint density at radius 3 is 2.78 bits per heavy atom. The fourth-order valence-corrected chi connectivity index (χ4v) is 2.23. The third kappa shape index (κ3) is 5.24. The first-order chi connectivity index (χ1) is 8.49. The van der Waals surface area contributed by atoms with Crippen molar-refractivity contribution in [3.8, 4) is 0 Å². The number of thiocarbonyl (C=S) groups is 1. The molecule has 18 heavy (non-hydrogen) atoms. The summed E-state index contributed by atoms with van der Waals surface area (Å²) in [5.74, 6) is -1.39. The van der Waals surface area contributed by atoms with Crippen molar-refractivity contribution in [1.82, 2.24) is 10.6 Å². The van der Waals surface area contributed by atoms with Gasteiger partial charge in [0.05, 0.1) is 11.5 Å². The summed E-state index contributed by atoms with van der Waals surface area (Å²) in [6, 6.07) is 3.83. The molecular formula is C11H15N3O2S2. The van der Waals surface area contributed by atoms with Crippen molar-refractivity contribution in [3.05, 3.63) is 22.4 Å². The lowest BCUT2D eigenvalue weighted by atomic mass is 10.2. The first kappa shape index (κ1) is 14.6. The molecule has 0 aliphatic heterocycles. The molecule has 0 radical (unpaired) electrons. The van der Waals surface area contributed by atoms with E-state index in [1.807, 2.05) is 24.4 Å². The second-order valence-corrected chi connectivity index (χ2v) is 5.36. The van der Waals surface area contributed by atoms with Crippen molar-refractivity contribution < 1.29 is 9.59 Å². The second-order valence-electron chi connectivity index (χ2n) is 3.81. The fourth-order valence-electron chi connectivity index (χ4n) is 1.32. The number of nitrogens with two attached hydrogens (primary N) is 1. The zero-order valence-electron chi connectivity index (χ0n) is 9.93. The largest absolute Gasteiger partial charge is 0.392 e. The number of carbonyl (C=O) groups is 2. The highest BCUT2D eigenvalue weighted by Gasteiger charge is 2.16. The molecule has 0 saturated carbocycles. The molecule has 7 heteroatoms. The molecule has 0 bridgehead atoms. The summed E-state index contributed by atoms with van der Waals surface area (Å²) in [6.45, 7) is 1.87. The van der Waals surface area contributed by atoms with Crippen molar-refractivity contribution in [1.29, 1.82) is 0 Å². The average molecular weight is 285 g/mol. The van der Waals surface area contributed by atoms with Gasteiger partial charge in [-0.05, 0) is 18.4 Å². The van der Waals surface area contributed by atoms with Crippen LogP contribution in [0.15, 0.2) is 17.5 Å². The smallest absolute Gasteiger partial charge is 0.309 e. The first-order valence-corrected chi connectivity index (χ1v) is 6.67. The minimum absolute atomic E-state index is 0.0287. The zero-order valence-corrected chi connectivity index (χ0v) is 11.6. The SMILES string of the molecule is CC(Cc1cccs1)NC(=O)C(=O)NCC(N)=S. The Kier molecular flexibility index (Phi) is 5.73. The van der Waals surface area contributed by atoms with E-state index in [9.17, 15) is 9.59 Å². The maximum atomic E-state index is 11.5. The van der Waals surface area contributed by atoms with E-state index < -0.39 is 11.8 Å². The molecule has 4 N–H and O–H groups in total.